The lowest BCUT2D eigenvalue weighted by Crippen LogP contribution is -2.52. The van der Waals surface area contributed by atoms with Gasteiger partial charge in [0.1, 0.15) is 11.5 Å². The van der Waals surface area contributed by atoms with Crippen molar-refractivity contribution in [1.29, 1.82) is 0 Å². The molecular formula is C21H26N2O3. The molecule has 1 saturated heterocycles. The lowest BCUT2D eigenvalue weighted by Gasteiger charge is -2.37. The van der Waals surface area contributed by atoms with E-state index in [4.69, 9.17) is 9.47 Å². The van der Waals surface area contributed by atoms with Crippen molar-refractivity contribution in [1.82, 2.24) is 4.90 Å². The Kier molecular flexibility index (Phi) is 5.66. The van der Waals surface area contributed by atoms with Crippen LogP contribution in [-0.2, 0) is 4.79 Å². The molecule has 1 heterocycles. The topological polar surface area (TPSA) is 42.0 Å². The van der Waals surface area contributed by atoms with Crippen LogP contribution in [0.1, 0.15) is 12.5 Å². The largest absolute Gasteiger partial charge is 0.495 e. The monoisotopic (exact) mass is 354 g/mol. The van der Waals surface area contributed by atoms with Crippen LogP contribution in [0.15, 0.2) is 48.5 Å². The highest BCUT2D eigenvalue weighted by molar-refractivity contribution is 5.81. The minimum Gasteiger partial charge on any atom is -0.495 e. The Balaban J connectivity index is 1.58. The van der Waals surface area contributed by atoms with Gasteiger partial charge in [-0.1, -0.05) is 24.3 Å². The molecule has 0 unspecified atom stereocenters. The molecule has 1 atom stereocenters. The van der Waals surface area contributed by atoms with Crippen LogP contribution in [-0.4, -0.2) is 50.2 Å². The van der Waals surface area contributed by atoms with E-state index in [9.17, 15) is 4.79 Å². The number of rotatable bonds is 5. The summed E-state index contributed by atoms with van der Waals surface area (Å²) >= 11 is 0. The van der Waals surface area contributed by atoms with Crippen LogP contribution in [0.25, 0.3) is 0 Å². The number of piperazine rings is 1. The summed E-state index contributed by atoms with van der Waals surface area (Å²) in [5, 5.41) is 0. The molecule has 1 aliphatic rings. The molecule has 2 aromatic rings. The van der Waals surface area contributed by atoms with Gasteiger partial charge >= 0.3 is 0 Å². The van der Waals surface area contributed by atoms with E-state index in [-0.39, 0.29) is 5.91 Å². The minimum atomic E-state index is -0.491. The van der Waals surface area contributed by atoms with E-state index in [2.05, 4.69) is 11.0 Å². The smallest absolute Gasteiger partial charge is 0.263 e. The van der Waals surface area contributed by atoms with E-state index in [1.54, 1.807) is 7.11 Å². The van der Waals surface area contributed by atoms with Crippen molar-refractivity contribution in [2.24, 2.45) is 0 Å². The molecule has 0 bridgehead atoms. The second kappa shape index (κ2) is 8.13. The molecule has 1 amide bonds. The van der Waals surface area contributed by atoms with Gasteiger partial charge in [-0.15, -0.1) is 0 Å². The number of anilines is 1. The Morgan fingerprint density at radius 2 is 1.77 bits per heavy atom. The van der Waals surface area contributed by atoms with E-state index >= 15 is 0 Å². The van der Waals surface area contributed by atoms with E-state index in [1.807, 2.05) is 61.2 Å². The van der Waals surface area contributed by atoms with Gasteiger partial charge in [0.25, 0.3) is 5.91 Å². The fraction of sp³-hybridized carbons (Fsp3) is 0.381. The summed E-state index contributed by atoms with van der Waals surface area (Å²) in [6.07, 6.45) is -0.491. The molecule has 0 radical (unpaired) electrons. The maximum Gasteiger partial charge on any atom is 0.263 e. The number of para-hydroxylation sites is 2. The highest BCUT2D eigenvalue weighted by atomic mass is 16.5. The zero-order chi connectivity index (χ0) is 18.5. The number of nitrogens with zero attached hydrogens (tertiary/aromatic N) is 2. The highest BCUT2D eigenvalue weighted by Gasteiger charge is 2.27. The van der Waals surface area contributed by atoms with Crippen LogP contribution in [0.5, 0.6) is 11.5 Å². The van der Waals surface area contributed by atoms with Crippen LogP contribution in [0, 0.1) is 6.92 Å². The molecule has 0 N–H and O–H groups in total. The van der Waals surface area contributed by atoms with Crippen LogP contribution in [0.2, 0.25) is 0 Å². The molecule has 5 nitrogen and oxygen atoms in total. The third kappa shape index (κ3) is 4.10. The molecule has 1 aliphatic heterocycles. The van der Waals surface area contributed by atoms with Gasteiger partial charge in [0, 0.05) is 26.2 Å². The molecular weight excluding hydrogens is 328 g/mol. The molecule has 26 heavy (non-hydrogen) atoms. The second-order valence-corrected chi connectivity index (χ2v) is 6.56. The molecule has 3 rings (SSSR count). The van der Waals surface area contributed by atoms with E-state index in [1.165, 1.54) is 0 Å². The summed E-state index contributed by atoms with van der Waals surface area (Å²) in [6.45, 7) is 6.75. The van der Waals surface area contributed by atoms with Crippen molar-refractivity contribution >= 4 is 11.6 Å². The summed E-state index contributed by atoms with van der Waals surface area (Å²) in [4.78, 5) is 16.9. The van der Waals surface area contributed by atoms with Gasteiger partial charge in [-0.3, -0.25) is 4.79 Å². The van der Waals surface area contributed by atoms with Crippen molar-refractivity contribution in [2.45, 2.75) is 20.0 Å². The number of carbonyl (C=O) groups excluding carboxylic acids is 1. The molecule has 5 heteroatoms. The molecule has 0 aliphatic carbocycles. The predicted octanol–water partition coefficient (Wildman–Crippen LogP) is 3.12. The lowest BCUT2D eigenvalue weighted by atomic mass is 10.2. The van der Waals surface area contributed by atoms with Crippen molar-refractivity contribution in [3.05, 3.63) is 54.1 Å². The number of methoxy groups -OCH3 is 1. The van der Waals surface area contributed by atoms with Gasteiger partial charge in [-0.25, -0.2) is 0 Å². The average Bonchev–Trinajstić information content (AvgIpc) is 2.67. The Bertz CT molecular complexity index is 754. The summed E-state index contributed by atoms with van der Waals surface area (Å²) in [7, 11) is 1.68. The first-order valence-corrected chi connectivity index (χ1v) is 8.98. The average molecular weight is 354 g/mol. The Labute approximate surface area is 155 Å². The zero-order valence-corrected chi connectivity index (χ0v) is 15.6. The minimum absolute atomic E-state index is 0.0335. The van der Waals surface area contributed by atoms with Gasteiger partial charge in [0.2, 0.25) is 0 Å². The number of amides is 1. The fourth-order valence-corrected chi connectivity index (χ4v) is 3.26. The van der Waals surface area contributed by atoms with Crippen molar-refractivity contribution in [3.8, 4) is 11.5 Å². The van der Waals surface area contributed by atoms with Crippen molar-refractivity contribution in [2.75, 3.05) is 38.2 Å². The number of benzene rings is 2. The number of hydrogen-bond donors (Lipinski definition) is 0. The highest BCUT2D eigenvalue weighted by Crippen LogP contribution is 2.28. The summed E-state index contributed by atoms with van der Waals surface area (Å²) in [5.41, 5.74) is 2.19. The van der Waals surface area contributed by atoms with E-state index in [0.717, 1.165) is 35.8 Å². The van der Waals surface area contributed by atoms with E-state index < -0.39 is 6.10 Å². The van der Waals surface area contributed by atoms with Gasteiger partial charge in [-0.05, 0) is 43.7 Å². The molecule has 0 aromatic heterocycles. The Morgan fingerprint density at radius 1 is 1.04 bits per heavy atom. The van der Waals surface area contributed by atoms with Gasteiger partial charge < -0.3 is 19.3 Å². The number of ether oxygens (including phenoxy) is 2. The molecule has 0 spiro atoms. The third-order valence-electron chi connectivity index (χ3n) is 4.67. The maximum atomic E-state index is 12.7. The molecule has 2 aromatic carbocycles. The normalized spacial score (nSPS) is 15.5. The van der Waals surface area contributed by atoms with Crippen molar-refractivity contribution in [3.63, 3.8) is 0 Å². The molecule has 0 saturated carbocycles. The summed E-state index contributed by atoms with van der Waals surface area (Å²) in [6, 6.07) is 15.8. The van der Waals surface area contributed by atoms with Crippen LogP contribution < -0.4 is 14.4 Å². The second-order valence-electron chi connectivity index (χ2n) is 6.56. The van der Waals surface area contributed by atoms with Crippen LogP contribution in [0.4, 0.5) is 5.69 Å². The Morgan fingerprint density at radius 3 is 2.46 bits per heavy atom. The predicted molar refractivity (Wildman–Crippen MR) is 103 cm³/mol. The SMILES string of the molecule is COc1ccccc1N1CCN(C(=O)[C@H](C)Oc2cccc(C)c2)CC1. The lowest BCUT2D eigenvalue weighted by molar-refractivity contribution is -0.138. The first-order chi connectivity index (χ1) is 12.6. The quantitative estimate of drug-likeness (QED) is 0.827. The Hall–Kier alpha value is -2.69. The number of aryl methyl sites for hydroxylation is 1. The standard InChI is InChI=1S/C21H26N2O3/c1-16-7-6-8-18(15-16)26-17(2)21(24)23-13-11-22(12-14-23)19-9-4-5-10-20(19)25-3/h4-10,15,17H,11-14H2,1-3H3/t17-/m0/s1. The first kappa shape index (κ1) is 18.1. The fourth-order valence-electron chi connectivity index (χ4n) is 3.26. The summed E-state index contributed by atoms with van der Waals surface area (Å²) in [5.74, 6) is 1.63. The summed E-state index contributed by atoms with van der Waals surface area (Å²) < 4.78 is 11.3. The van der Waals surface area contributed by atoms with Crippen molar-refractivity contribution < 1.29 is 14.3 Å². The van der Waals surface area contributed by atoms with Crippen LogP contribution >= 0.6 is 0 Å². The van der Waals surface area contributed by atoms with Gasteiger partial charge in [0.05, 0.1) is 12.8 Å². The zero-order valence-electron chi connectivity index (χ0n) is 15.6. The van der Waals surface area contributed by atoms with Crippen LogP contribution in [0.3, 0.4) is 0 Å². The first-order valence-electron chi connectivity index (χ1n) is 8.98. The van der Waals surface area contributed by atoms with E-state index in [0.29, 0.717) is 13.1 Å². The third-order valence-corrected chi connectivity index (χ3v) is 4.67. The van der Waals surface area contributed by atoms with Gasteiger partial charge in [0.15, 0.2) is 6.10 Å². The maximum absolute atomic E-state index is 12.7. The number of carbonyl (C=O) groups is 1. The number of hydrogen-bond acceptors (Lipinski definition) is 4. The van der Waals surface area contributed by atoms with Gasteiger partial charge in [-0.2, -0.15) is 0 Å². The molecule has 138 valence electrons. The molecule has 1 fully saturated rings.